The van der Waals surface area contributed by atoms with Gasteiger partial charge in [-0.15, -0.1) is 0 Å². The molecule has 0 bridgehead atoms. The van der Waals surface area contributed by atoms with Gasteiger partial charge in [-0.2, -0.15) is 0 Å². The van der Waals surface area contributed by atoms with Crippen LogP contribution >= 0.6 is 0 Å². The molecule has 17 unspecified atom stereocenters. The second kappa shape index (κ2) is 57.1. The van der Waals surface area contributed by atoms with E-state index >= 15 is 0 Å². The zero-order valence-electron chi connectivity index (χ0n) is 58.6. The summed E-state index contributed by atoms with van der Waals surface area (Å²) >= 11 is 0. The van der Waals surface area contributed by atoms with E-state index in [1.807, 2.05) is 6.08 Å². The van der Waals surface area contributed by atoms with Crippen LogP contribution in [-0.2, 0) is 33.2 Å². The van der Waals surface area contributed by atoms with E-state index in [9.17, 15) is 61.0 Å². The number of hydrogen-bond acceptors (Lipinski definition) is 18. The van der Waals surface area contributed by atoms with Gasteiger partial charge >= 0.3 is 0 Å². The molecule has 0 spiro atoms. The van der Waals surface area contributed by atoms with Crippen molar-refractivity contribution in [3.05, 3.63) is 109 Å². The molecule has 19 heteroatoms. The van der Waals surface area contributed by atoms with Gasteiger partial charge in [0.1, 0.15) is 73.2 Å². The molecular formula is C77H131NO18. The molecule has 96 heavy (non-hydrogen) atoms. The molecule has 3 aliphatic rings. The lowest BCUT2D eigenvalue weighted by Gasteiger charge is -2.48. The Labute approximate surface area is 576 Å². The zero-order valence-corrected chi connectivity index (χ0v) is 58.6. The minimum absolute atomic E-state index is 0.229. The second-order valence-corrected chi connectivity index (χ2v) is 26.0. The van der Waals surface area contributed by atoms with Crippen molar-refractivity contribution in [1.29, 1.82) is 0 Å². The van der Waals surface area contributed by atoms with Crippen LogP contribution in [0, 0.1) is 0 Å². The molecular weight excluding hydrogens is 1230 g/mol. The number of amides is 1. The van der Waals surface area contributed by atoms with Crippen molar-refractivity contribution in [2.24, 2.45) is 0 Å². The molecule has 0 aromatic rings. The fourth-order valence-corrected chi connectivity index (χ4v) is 11.9. The van der Waals surface area contributed by atoms with E-state index in [-0.39, 0.29) is 18.9 Å². The summed E-state index contributed by atoms with van der Waals surface area (Å²) in [5.74, 6) is -0.293. The van der Waals surface area contributed by atoms with Crippen LogP contribution in [0.2, 0.25) is 0 Å². The highest BCUT2D eigenvalue weighted by atomic mass is 16.8. The Balaban J connectivity index is 1.26. The molecule has 3 saturated heterocycles. The van der Waals surface area contributed by atoms with Crippen molar-refractivity contribution in [2.45, 2.75) is 343 Å². The van der Waals surface area contributed by atoms with Gasteiger partial charge in [0.25, 0.3) is 0 Å². The first-order valence-corrected chi connectivity index (χ1v) is 37.1. The highest BCUT2D eigenvalue weighted by Gasteiger charge is 2.53. The third-order valence-electron chi connectivity index (χ3n) is 17.8. The Morgan fingerprint density at radius 2 is 0.698 bits per heavy atom. The number of rotatable bonds is 56. The summed E-state index contributed by atoms with van der Waals surface area (Å²) < 4.78 is 34.2. The van der Waals surface area contributed by atoms with Crippen LogP contribution in [0.15, 0.2) is 109 Å². The van der Waals surface area contributed by atoms with Crippen LogP contribution in [0.5, 0.6) is 0 Å². The Hall–Kier alpha value is -3.55. The van der Waals surface area contributed by atoms with E-state index in [0.717, 1.165) is 83.5 Å². The minimum atomic E-state index is -1.98. The molecule has 3 fully saturated rings. The van der Waals surface area contributed by atoms with Crippen molar-refractivity contribution in [2.75, 3.05) is 26.4 Å². The number of unbranched alkanes of at least 4 members (excludes halogenated alkanes) is 24. The summed E-state index contributed by atoms with van der Waals surface area (Å²) in [4.78, 5) is 13.4. The third kappa shape index (κ3) is 37.8. The van der Waals surface area contributed by atoms with Crippen molar-refractivity contribution in [1.82, 2.24) is 5.32 Å². The first-order chi connectivity index (χ1) is 46.8. The van der Waals surface area contributed by atoms with Crippen molar-refractivity contribution >= 4 is 5.91 Å². The first-order valence-electron chi connectivity index (χ1n) is 37.1. The molecule has 552 valence electrons. The number of carbonyl (C=O) groups excluding carboxylic acids is 1. The van der Waals surface area contributed by atoms with Gasteiger partial charge in [-0.1, -0.05) is 252 Å². The SMILES string of the molecule is CC/C=C\C/C=C\C/C=C\C/C=C\C/C=C\C/C=C\CCCCCCCCCCCCCCCCCCCCCCCCC(=O)NC(COC1OC(CO)C(OC2OC(CO)C(OC3OC(CO)C(O)C(O)C3O)C(O)C2O)C(O)C1O)C(O)/C=C/CC/C=C/CC/C=C/CC. The number of allylic oxidation sites excluding steroid dienone is 17. The number of ether oxygens (including phenoxy) is 6. The first kappa shape index (κ1) is 86.7. The smallest absolute Gasteiger partial charge is 0.220 e. The molecule has 3 aliphatic heterocycles. The summed E-state index contributed by atoms with van der Waals surface area (Å²) in [5.41, 5.74) is 0. The maximum Gasteiger partial charge on any atom is 0.220 e. The molecule has 0 aromatic heterocycles. The van der Waals surface area contributed by atoms with Gasteiger partial charge in [0.05, 0.1) is 38.6 Å². The molecule has 17 atom stereocenters. The zero-order chi connectivity index (χ0) is 69.6. The molecule has 0 aliphatic carbocycles. The highest BCUT2D eigenvalue weighted by Crippen LogP contribution is 2.33. The number of aliphatic hydroxyl groups excluding tert-OH is 11. The molecule has 3 rings (SSSR count). The molecule has 3 heterocycles. The van der Waals surface area contributed by atoms with Gasteiger partial charge in [-0.3, -0.25) is 4.79 Å². The van der Waals surface area contributed by atoms with E-state index in [0.29, 0.717) is 12.8 Å². The van der Waals surface area contributed by atoms with Crippen molar-refractivity contribution in [3.8, 4) is 0 Å². The van der Waals surface area contributed by atoms with E-state index in [1.54, 1.807) is 6.08 Å². The quantitative estimate of drug-likeness (QED) is 0.0199. The summed E-state index contributed by atoms with van der Waals surface area (Å²) in [6.45, 7) is 1.45. The Morgan fingerprint density at radius 3 is 1.12 bits per heavy atom. The van der Waals surface area contributed by atoms with Crippen LogP contribution in [0.4, 0.5) is 0 Å². The van der Waals surface area contributed by atoms with Gasteiger partial charge in [-0.25, -0.2) is 0 Å². The van der Waals surface area contributed by atoms with Gasteiger partial charge in [0.2, 0.25) is 5.91 Å². The van der Waals surface area contributed by atoms with Crippen LogP contribution in [0.3, 0.4) is 0 Å². The molecule has 0 saturated carbocycles. The third-order valence-corrected chi connectivity index (χ3v) is 17.8. The lowest BCUT2D eigenvalue weighted by Crippen LogP contribution is -2.66. The lowest BCUT2D eigenvalue weighted by molar-refractivity contribution is -0.379. The van der Waals surface area contributed by atoms with E-state index in [1.165, 1.54) is 122 Å². The molecule has 19 nitrogen and oxygen atoms in total. The predicted octanol–water partition coefficient (Wildman–Crippen LogP) is 11.0. The van der Waals surface area contributed by atoms with Gasteiger partial charge < -0.3 is 89.9 Å². The summed E-state index contributed by atoms with van der Waals surface area (Å²) in [6.07, 6.45) is 51.4. The van der Waals surface area contributed by atoms with E-state index in [4.69, 9.17) is 28.4 Å². The average Bonchev–Trinajstić information content (AvgIpc) is 0.849. The molecule has 0 radical (unpaired) electrons. The predicted molar refractivity (Wildman–Crippen MR) is 378 cm³/mol. The van der Waals surface area contributed by atoms with Crippen LogP contribution < -0.4 is 5.32 Å². The number of nitrogens with one attached hydrogen (secondary N) is 1. The minimum Gasteiger partial charge on any atom is -0.394 e. The number of aliphatic hydroxyl groups is 11. The normalized spacial score (nSPS) is 27.7. The van der Waals surface area contributed by atoms with Gasteiger partial charge in [0, 0.05) is 6.42 Å². The van der Waals surface area contributed by atoms with Crippen molar-refractivity contribution < 1.29 is 89.4 Å². The van der Waals surface area contributed by atoms with Gasteiger partial charge in [0.15, 0.2) is 18.9 Å². The van der Waals surface area contributed by atoms with Crippen LogP contribution in [-0.4, -0.2) is 193 Å². The van der Waals surface area contributed by atoms with Crippen molar-refractivity contribution in [3.63, 3.8) is 0 Å². The van der Waals surface area contributed by atoms with Crippen LogP contribution in [0.25, 0.3) is 0 Å². The number of hydrogen-bond donors (Lipinski definition) is 12. The Kier molecular flexibility index (Phi) is 51.6. The topological polar surface area (TPSA) is 307 Å². The molecule has 0 aromatic carbocycles. The van der Waals surface area contributed by atoms with Crippen LogP contribution in [0.1, 0.15) is 239 Å². The average molecular weight is 1360 g/mol. The largest absolute Gasteiger partial charge is 0.394 e. The summed E-state index contributed by atoms with van der Waals surface area (Å²) in [6, 6.07) is -0.998. The molecule has 1 amide bonds. The Bertz CT molecular complexity index is 2160. The van der Waals surface area contributed by atoms with E-state index in [2.05, 4.69) is 116 Å². The fraction of sp³-hybridized carbons (Fsp3) is 0.753. The summed E-state index contributed by atoms with van der Waals surface area (Å²) in [5, 5.41) is 120. The highest BCUT2D eigenvalue weighted by molar-refractivity contribution is 5.76. The van der Waals surface area contributed by atoms with E-state index < -0.39 is 124 Å². The number of carbonyl (C=O) groups is 1. The maximum atomic E-state index is 13.4. The molecule has 12 N–H and O–H groups in total. The van der Waals surface area contributed by atoms with Gasteiger partial charge in [-0.05, 0) is 89.9 Å². The monoisotopic (exact) mass is 1360 g/mol. The Morgan fingerprint density at radius 1 is 0.375 bits per heavy atom. The fourth-order valence-electron chi connectivity index (χ4n) is 11.9. The lowest BCUT2D eigenvalue weighted by atomic mass is 9.96. The standard InChI is InChI=1S/C77H131NO18/c1-3-5-7-9-11-13-15-16-17-18-19-20-21-22-23-24-25-26-27-28-29-30-31-32-33-34-35-36-37-38-39-40-41-42-43-44-45-47-49-51-53-55-65(83)78-60(61(82)54-52-50-48-46-14-12-10-8-6-4-2)59-91-75-71(89)68(86)73(63(57-80)93-75)96-77-72(90)69(87)74(64(58-81)94-77)95-76-70(88)67(85)66(84)62(56-79)92-76/h5-8,11,13-14,16-17,19-20,22-23,25-26,46,52,54,60-64,66-77,79-82,84-90H,3-4,9-10,12,15,18,21,24,27-45,47-51,53,55-59H2,1-2H3,(H,78,83)/b7-5-,8-6+,13-11-,17-16-,20-19-,23-22-,26-25-,46-14+,54-52+. The summed E-state index contributed by atoms with van der Waals surface area (Å²) in [7, 11) is 0. The maximum absolute atomic E-state index is 13.4. The second-order valence-electron chi connectivity index (χ2n) is 26.0.